The number of rotatable bonds is 6. The van der Waals surface area contributed by atoms with Crippen molar-refractivity contribution in [2.75, 3.05) is 18.4 Å². The molecule has 1 amide bonds. The van der Waals surface area contributed by atoms with Crippen molar-refractivity contribution < 1.29 is 14.8 Å². The number of nitrogens with one attached hydrogen (secondary N) is 2. The zero-order valence-corrected chi connectivity index (χ0v) is 11.7. The first-order chi connectivity index (χ1) is 10.0. The molecule has 1 aliphatic carbocycles. The predicted octanol–water partition coefficient (Wildman–Crippen LogP) is 1.43. The number of benzene rings is 1. The van der Waals surface area contributed by atoms with E-state index in [1.807, 2.05) is 0 Å². The average Bonchev–Trinajstić information content (AvgIpc) is 2.92. The molecule has 1 aromatic carbocycles. The normalized spacial score (nSPS) is 16.4. The molecule has 0 bridgehead atoms. The van der Waals surface area contributed by atoms with Gasteiger partial charge < -0.3 is 15.7 Å². The minimum Gasteiger partial charge on any atom is -0.383 e. The zero-order valence-electron chi connectivity index (χ0n) is 11.7. The number of nitrogens with zero attached hydrogens (tertiary/aromatic N) is 1. The van der Waals surface area contributed by atoms with Gasteiger partial charge in [-0.25, -0.2) is 0 Å². The highest BCUT2D eigenvalue weighted by Gasteiger charge is 2.38. The average molecular weight is 293 g/mol. The van der Waals surface area contributed by atoms with Gasteiger partial charge in [0, 0.05) is 30.9 Å². The van der Waals surface area contributed by atoms with Crippen LogP contribution in [0.5, 0.6) is 0 Å². The predicted molar refractivity (Wildman–Crippen MR) is 78.0 cm³/mol. The Kier molecular flexibility index (Phi) is 4.74. The van der Waals surface area contributed by atoms with Gasteiger partial charge in [-0.3, -0.25) is 14.9 Å². The third kappa shape index (κ3) is 3.91. The molecule has 0 spiro atoms. The molecule has 0 atom stereocenters. The SMILES string of the molecule is O=C(NCCNc1ccc([N+](=O)[O-])cc1)C1(O)CCCC1. The second-order valence-electron chi connectivity index (χ2n) is 5.23. The minimum atomic E-state index is -1.20. The summed E-state index contributed by atoms with van der Waals surface area (Å²) in [5.74, 6) is -0.314. The molecule has 1 saturated carbocycles. The number of carbonyl (C=O) groups is 1. The highest BCUT2D eigenvalue weighted by atomic mass is 16.6. The summed E-state index contributed by atoms with van der Waals surface area (Å²) in [5.41, 5.74) is -0.417. The lowest BCUT2D eigenvalue weighted by atomic mass is 10.0. The summed E-state index contributed by atoms with van der Waals surface area (Å²) in [4.78, 5) is 21.9. The van der Waals surface area contributed by atoms with E-state index in [-0.39, 0.29) is 11.6 Å². The maximum Gasteiger partial charge on any atom is 0.269 e. The highest BCUT2D eigenvalue weighted by molar-refractivity contribution is 5.85. The molecular weight excluding hydrogens is 274 g/mol. The molecule has 0 heterocycles. The summed E-state index contributed by atoms with van der Waals surface area (Å²) in [6.07, 6.45) is 2.80. The number of hydrogen-bond donors (Lipinski definition) is 3. The number of amides is 1. The molecular formula is C14H19N3O4. The molecule has 0 aromatic heterocycles. The van der Waals surface area contributed by atoms with Crippen LogP contribution in [0.4, 0.5) is 11.4 Å². The molecule has 7 heteroatoms. The van der Waals surface area contributed by atoms with Crippen LogP contribution in [-0.4, -0.2) is 34.6 Å². The number of aliphatic hydroxyl groups is 1. The van der Waals surface area contributed by atoms with Crippen LogP contribution in [0.2, 0.25) is 0 Å². The lowest BCUT2D eigenvalue weighted by molar-refractivity contribution is -0.384. The van der Waals surface area contributed by atoms with Crippen molar-refractivity contribution in [2.24, 2.45) is 0 Å². The smallest absolute Gasteiger partial charge is 0.269 e. The quantitative estimate of drug-likeness (QED) is 0.418. The monoisotopic (exact) mass is 293 g/mol. The van der Waals surface area contributed by atoms with E-state index in [0.717, 1.165) is 18.5 Å². The van der Waals surface area contributed by atoms with Crippen LogP contribution in [0.25, 0.3) is 0 Å². The van der Waals surface area contributed by atoms with Crippen LogP contribution >= 0.6 is 0 Å². The lowest BCUT2D eigenvalue weighted by Gasteiger charge is -2.21. The van der Waals surface area contributed by atoms with Gasteiger partial charge in [-0.05, 0) is 37.8 Å². The summed E-state index contributed by atoms with van der Waals surface area (Å²) in [6.45, 7) is 0.873. The molecule has 1 aliphatic rings. The van der Waals surface area contributed by atoms with Gasteiger partial charge in [0.05, 0.1) is 4.92 Å². The van der Waals surface area contributed by atoms with E-state index in [1.165, 1.54) is 12.1 Å². The van der Waals surface area contributed by atoms with Gasteiger partial charge in [0.2, 0.25) is 0 Å². The van der Waals surface area contributed by atoms with Crippen molar-refractivity contribution in [3.8, 4) is 0 Å². The number of carbonyl (C=O) groups excluding carboxylic acids is 1. The van der Waals surface area contributed by atoms with Crippen LogP contribution in [0.1, 0.15) is 25.7 Å². The van der Waals surface area contributed by atoms with E-state index < -0.39 is 10.5 Å². The van der Waals surface area contributed by atoms with Gasteiger partial charge >= 0.3 is 0 Å². The van der Waals surface area contributed by atoms with Gasteiger partial charge in [0.1, 0.15) is 5.60 Å². The lowest BCUT2D eigenvalue weighted by Crippen LogP contribution is -2.46. The fourth-order valence-electron chi connectivity index (χ4n) is 2.44. The van der Waals surface area contributed by atoms with E-state index >= 15 is 0 Å². The van der Waals surface area contributed by atoms with Gasteiger partial charge in [-0.2, -0.15) is 0 Å². The fourth-order valence-corrected chi connectivity index (χ4v) is 2.44. The van der Waals surface area contributed by atoms with Crippen molar-refractivity contribution in [1.29, 1.82) is 0 Å². The van der Waals surface area contributed by atoms with Crippen molar-refractivity contribution in [2.45, 2.75) is 31.3 Å². The fraction of sp³-hybridized carbons (Fsp3) is 0.500. The number of nitro benzene ring substituents is 1. The first kappa shape index (κ1) is 15.2. The first-order valence-corrected chi connectivity index (χ1v) is 7.00. The van der Waals surface area contributed by atoms with Crippen molar-refractivity contribution >= 4 is 17.3 Å². The molecule has 0 unspecified atom stereocenters. The second-order valence-corrected chi connectivity index (χ2v) is 5.23. The molecule has 1 aromatic rings. The molecule has 1 fully saturated rings. The van der Waals surface area contributed by atoms with Crippen molar-refractivity contribution in [3.05, 3.63) is 34.4 Å². The molecule has 3 N–H and O–H groups in total. The van der Waals surface area contributed by atoms with Crippen LogP contribution in [-0.2, 0) is 4.79 Å². The van der Waals surface area contributed by atoms with E-state index in [2.05, 4.69) is 10.6 Å². The molecule has 0 aliphatic heterocycles. The molecule has 0 radical (unpaired) electrons. The summed E-state index contributed by atoms with van der Waals surface area (Å²) < 4.78 is 0. The van der Waals surface area contributed by atoms with Crippen LogP contribution in [0, 0.1) is 10.1 Å². The summed E-state index contributed by atoms with van der Waals surface area (Å²) in [5, 5.41) is 26.3. The summed E-state index contributed by atoms with van der Waals surface area (Å²) in [6, 6.07) is 6.07. The molecule has 2 rings (SSSR count). The number of nitro groups is 1. The highest BCUT2D eigenvalue weighted by Crippen LogP contribution is 2.29. The molecule has 21 heavy (non-hydrogen) atoms. The third-order valence-corrected chi connectivity index (χ3v) is 3.67. The molecule has 0 saturated heterocycles. The Labute approximate surface area is 122 Å². The Morgan fingerprint density at radius 2 is 1.86 bits per heavy atom. The van der Waals surface area contributed by atoms with Gasteiger partial charge in [-0.1, -0.05) is 0 Å². The third-order valence-electron chi connectivity index (χ3n) is 3.67. The van der Waals surface area contributed by atoms with E-state index in [9.17, 15) is 20.0 Å². The van der Waals surface area contributed by atoms with E-state index in [4.69, 9.17) is 0 Å². The van der Waals surface area contributed by atoms with E-state index in [0.29, 0.717) is 25.9 Å². The van der Waals surface area contributed by atoms with Gasteiger partial charge in [0.15, 0.2) is 0 Å². The minimum absolute atomic E-state index is 0.0392. The summed E-state index contributed by atoms with van der Waals surface area (Å²) >= 11 is 0. The van der Waals surface area contributed by atoms with Gasteiger partial charge in [-0.15, -0.1) is 0 Å². The Morgan fingerprint density at radius 1 is 1.24 bits per heavy atom. The van der Waals surface area contributed by atoms with Gasteiger partial charge in [0.25, 0.3) is 11.6 Å². The van der Waals surface area contributed by atoms with Crippen LogP contribution < -0.4 is 10.6 Å². The Bertz CT molecular complexity index is 509. The number of anilines is 1. The maximum atomic E-state index is 11.8. The summed E-state index contributed by atoms with van der Waals surface area (Å²) in [7, 11) is 0. The maximum absolute atomic E-state index is 11.8. The zero-order chi connectivity index (χ0) is 15.3. The largest absolute Gasteiger partial charge is 0.383 e. The van der Waals surface area contributed by atoms with E-state index in [1.54, 1.807) is 12.1 Å². The molecule has 7 nitrogen and oxygen atoms in total. The Balaban J connectivity index is 1.72. The van der Waals surface area contributed by atoms with Crippen molar-refractivity contribution in [1.82, 2.24) is 5.32 Å². The van der Waals surface area contributed by atoms with Crippen LogP contribution in [0.3, 0.4) is 0 Å². The Morgan fingerprint density at radius 3 is 2.43 bits per heavy atom. The first-order valence-electron chi connectivity index (χ1n) is 7.00. The topological polar surface area (TPSA) is 104 Å². The second kappa shape index (κ2) is 6.53. The molecule has 114 valence electrons. The Hall–Kier alpha value is -2.15. The van der Waals surface area contributed by atoms with Crippen molar-refractivity contribution in [3.63, 3.8) is 0 Å². The van der Waals surface area contributed by atoms with Crippen LogP contribution in [0.15, 0.2) is 24.3 Å². The number of non-ortho nitro benzene ring substituents is 1. The number of hydrogen-bond acceptors (Lipinski definition) is 5. The standard InChI is InChI=1S/C14H19N3O4/c18-13(14(19)7-1-2-8-14)16-10-9-15-11-3-5-12(6-4-11)17(20)21/h3-6,15,19H,1-2,7-10H2,(H,16,18).